The quantitative estimate of drug-likeness (QED) is 0.644. The zero-order chi connectivity index (χ0) is 15.6. The number of alkyl halides is 1. The van der Waals surface area contributed by atoms with E-state index in [1.165, 1.54) is 0 Å². The summed E-state index contributed by atoms with van der Waals surface area (Å²) in [6.07, 6.45) is 2.97. The van der Waals surface area contributed by atoms with Gasteiger partial charge in [-0.2, -0.15) is 0 Å². The third-order valence-electron chi connectivity index (χ3n) is 4.89. The Kier molecular flexibility index (Phi) is 4.89. The van der Waals surface area contributed by atoms with E-state index in [9.17, 15) is 14.0 Å². The monoisotopic (exact) mass is 299 g/mol. The molecule has 1 unspecified atom stereocenters. The number of nitrogens with one attached hydrogen (secondary N) is 1. The number of carbonyl (C=O) groups is 2. The molecule has 0 aromatic carbocycles. The summed E-state index contributed by atoms with van der Waals surface area (Å²) in [5, 5.41) is 2.42. The van der Waals surface area contributed by atoms with Gasteiger partial charge in [0.05, 0.1) is 0 Å². The average Bonchev–Trinajstić information content (AvgIpc) is 2.42. The Morgan fingerprint density at radius 1 is 1.43 bits per heavy atom. The van der Waals surface area contributed by atoms with E-state index in [0.717, 1.165) is 19.3 Å². The maximum absolute atomic E-state index is 14.7. The van der Waals surface area contributed by atoms with Crippen LogP contribution in [0.1, 0.15) is 52.9 Å². The zero-order valence-corrected chi connectivity index (χ0v) is 13.2. The van der Waals surface area contributed by atoms with Crippen LogP contribution in [0.2, 0.25) is 0 Å². The molecule has 1 heterocycles. The number of piperidine rings is 1. The lowest BCUT2D eigenvalue weighted by atomic mass is 9.75. The summed E-state index contributed by atoms with van der Waals surface area (Å²) in [6.45, 7) is 6.74. The van der Waals surface area contributed by atoms with Crippen LogP contribution in [-0.2, 0) is 14.3 Å². The molecule has 4 atom stereocenters. The van der Waals surface area contributed by atoms with E-state index in [0.29, 0.717) is 24.8 Å². The first-order valence-corrected chi connectivity index (χ1v) is 8.03. The van der Waals surface area contributed by atoms with Gasteiger partial charge in [-0.15, -0.1) is 0 Å². The van der Waals surface area contributed by atoms with Crippen molar-refractivity contribution >= 4 is 11.9 Å². The number of esters is 1. The minimum absolute atomic E-state index is 0.0771. The maximum atomic E-state index is 14.7. The Morgan fingerprint density at radius 3 is 2.76 bits per heavy atom. The summed E-state index contributed by atoms with van der Waals surface area (Å²) < 4.78 is 20.1. The maximum Gasteiger partial charge on any atom is 0.354 e. The first kappa shape index (κ1) is 16.2. The van der Waals surface area contributed by atoms with E-state index in [1.54, 1.807) is 0 Å². The van der Waals surface area contributed by atoms with Gasteiger partial charge < -0.3 is 10.1 Å². The van der Waals surface area contributed by atoms with Gasteiger partial charge in [-0.1, -0.05) is 27.2 Å². The highest BCUT2D eigenvalue weighted by atomic mass is 19.1. The zero-order valence-electron chi connectivity index (χ0n) is 13.2. The number of carbonyl (C=O) groups excluding carboxylic acids is 2. The van der Waals surface area contributed by atoms with Crippen molar-refractivity contribution in [3.63, 3.8) is 0 Å². The molecule has 1 saturated heterocycles. The SMILES string of the molecule is CC(C)[C@H]1CC[C@H](C)CC1OC(=O)[C@]1(F)CCCNC1=O. The van der Waals surface area contributed by atoms with Crippen LogP contribution in [0, 0.1) is 17.8 Å². The highest BCUT2D eigenvalue weighted by Crippen LogP contribution is 2.36. The van der Waals surface area contributed by atoms with Crippen molar-refractivity contribution in [1.29, 1.82) is 0 Å². The minimum atomic E-state index is -2.50. The first-order valence-electron chi connectivity index (χ1n) is 8.03. The Morgan fingerprint density at radius 2 is 2.14 bits per heavy atom. The molecular weight excluding hydrogens is 273 g/mol. The van der Waals surface area contributed by atoms with Crippen LogP contribution in [0.15, 0.2) is 0 Å². The Hall–Kier alpha value is -1.13. The van der Waals surface area contributed by atoms with Crippen LogP contribution in [0.3, 0.4) is 0 Å². The highest BCUT2D eigenvalue weighted by Gasteiger charge is 2.51. The van der Waals surface area contributed by atoms with Crippen molar-refractivity contribution < 1.29 is 18.7 Å². The lowest BCUT2D eigenvalue weighted by Gasteiger charge is -2.38. The summed E-state index contributed by atoms with van der Waals surface area (Å²) in [5.74, 6) is -0.742. The van der Waals surface area contributed by atoms with Crippen LogP contribution < -0.4 is 5.32 Å². The number of rotatable bonds is 3. The summed E-state index contributed by atoms with van der Waals surface area (Å²) in [5.41, 5.74) is -2.50. The van der Waals surface area contributed by atoms with Crippen LogP contribution in [-0.4, -0.2) is 30.2 Å². The molecule has 0 aromatic rings. The van der Waals surface area contributed by atoms with Crippen molar-refractivity contribution in [2.75, 3.05) is 6.54 Å². The van der Waals surface area contributed by atoms with Crippen molar-refractivity contribution in [1.82, 2.24) is 5.32 Å². The molecule has 1 saturated carbocycles. The number of ether oxygens (including phenoxy) is 1. The minimum Gasteiger partial charge on any atom is -0.459 e. The van der Waals surface area contributed by atoms with Gasteiger partial charge in [0.25, 0.3) is 11.6 Å². The molecule has 0 aromatic heterocycles. The molecule has 1 aliphatic carbocycles. The summed E-state index contributed by atoms with van der Waals surface area (Å²) >= 11 is 0. The van der Waals surface area contributed by atoms with E-state index in [4.69, 9.17) is 4.74 Å². The molecule has 4 nitrogen and oxygen atoms in total. The van der Waals surface area contributed by atoms with E-state index < -0.39 is 17.5 Å². The van der Waals surface area contributed by atoms with Crippen molar-refractivity contribution in [3.8, 4) is 0 Å². The lowest BCUT2D eigenvalue weighted by Crippen LogP contribution is -2.55. The van der Waals surface area contributed by atoms with Crippen LogP contribution in [0.5, 0.6) is 0 Å². The van der Waals surface area contributed by atoms with Gasteiger partial charge in [0.15, 0.2) is 0 Å². The van der Waals surface area contributed by atoms with Gasteiger partial charge in [0.2, 0.25) is 0 Å². The molecule has 2 rings (SSSR count). The van der Waals surface area contributed by atoms with Gasteiger partial charge in [-0.05, 0) is 37.0 Å². The molecule has 2 aliphatic rings. The molecule has 1 N–H and O–H groups in total. The van der Waals surface area contributed by atoms with Gasteiger partial charge in [0, 0.05) is 13.0 Å². The predicted molar refractivity (Wildman–Crippen MR) is 77.3 cm³/mol. The van der Waals surface area contributed by atoms with Gasteiger partial charge >= 0.3 is 5.97 Å². The molecule has 0 bridgehead atoms. The lowest BCUT2D eigenvalue weighted by molar-refractivity contribution is -0.175. The van der Waals surface area contributed by atoms with E-state index >= 15 is 0 Å². The molecule has 2 fully saturated rings. The van der Waals surface area contributed by atoms with Crippen LogP contribution in [0.25, 0.3) is 0 Å². The fourth-order valence-corrected chi connectivity index (χ4v) is 3.46. The van der Waals surface area contributed by atoms with Crippen molar-refractivity contribution in [3.05, 3.63) is 0 Å². The Labute approximate surface area is 125 Å². The molecular formula is C16H26FNO3. The van der Waals surface area contributed by atoms with E-state index in [1.807, 2.05) is 0 Å². The number of hydrogen-bond donors (Lipinski definition) is 1. The van der Waals surface area contributed by atoms with Crippen molar-refractivity contribution in [2.45, 2.75) is 64.6 Å². The molecule has 1 aliphatic heterocycles. The predicted octanol–water partition coefficient (Wildman–Crippen LogP) is 2.61. The smallest absolute Gasteiger partial charge is 0.354 e. The molecule has 1 amide bonds. The molecule has 5 heteroatoms. The summed E-state index contributed by atoms with van der Waals surface area (Å²) in [6, 6.07) is 0. The summed E-state index contributed by atoms with van der Waals surface area (Å²) in [4.78, 5) is 23.9. The second-order valence-corrected chi connectivity index (χ2v) is 6.93. The largest absolute Gasteiger partial charge is 0.459 e. The second-order valence-electron chi connectivity index (χ2n) is 6.93. The summed E-state index contributed by atoms with van der Waals surface area (Å²) in [7, 11) is 0. The molecule has 21 heavy (non-hydrogen) atoms. The second kappa shape index (κ2) is 6.32. The number of halogens is 1. The standard InChI is InChI=1S/C16H26FNO3/c1-10(2)12-6-5-11(3)9-13(12)21-15(20)16(17)7-4-8-18-14(16)19/h10-13H,4-9H2,1-3H3,(H,18,19)/t11-,12+,13?,16-/m0/s1. The fourth-order valence-electron chi connectivity index (χ4n) is 3.46. The van der Waals surface area contributed by atoms with Crippen LogP contribution >= 0.6 is 0 Å². The van der Waals surface area contributed by atoms with Gasteiger partial charge in [0.1, 0.15) is 6.10 Å². The highest BCUT2D eigenvalue weighted by molar-refractivity contribution is 6.06. The normalized spacial score (nSPS) is 37.2. The van der Waals surface area contributed by atoms with Crippen LogP contribution in [0.4, 0.5) is 4.39 Å². The van der Waals surface area contributed by atoms with Crippen molar-refractivity contribution in [2.24, 2.45) is 17.8 Å². The number of hydrogen-bond acceptors (Lipinski definition) is 3. The third kappa shape index (κ3) is 3.38. The van der Waals surface area contributed by atoms with Gasteiger partial charge in [-0.3, -0.25) is 4.79 Å². The third-order valence-corrected chi connectivity index (χ3v) is 4.89. The fraction of sp³-hybridized carbons (Fsp3) is 0.875. The Bertz CT molecular complexity index is 412. The number of amides is 1. The van der Waals surface area contributed by atoms with Gasteiger partial charge in [-0.25, -0.2) is 9.18 Å². The Balaban J connectivity index is 2.07. The first-order chi connectivity index (χ1) is 9.84. The topological polar surface area (TPSA) is 55.4 Å². The van der Waals surface area contributed by atoms with E-state index in [-0.39, 0.29) is 18.4 Å². The average molecular weight is 299 g/mol. The molecule has 120 valence electrons. The van der Waals surface area contributed by atoms with E-state index in [2.05, 4.69) is 26.1 Å². The molecule has 0 spiro atoms. The molecule has 0 radical (unpaired) electrons.